The number of hydrogen-bond acceptors (Lipinski definition) is 3. The molecule has 1 heterocycles. The van der Waals surface area contributed by atoms with Gasteiger partial charge in [0.25, 0.3) is 0 Å². The molecule has 0 atom stereocenters. The minimum atomic E-state index is -0.924. The van der Waals surface area contributed by atoms with Crippen molar-refractivity contribution >= 4 is 18.0 Å². The standard InChI is InChI=1S/C3H6N2O2S/c6-3(7)5-4-1-2-8-5/h4H,1-2H2,(H,6,7). The van der Waals surface area contributed by atoms with Gasteiger partial charge in [0.2, 0.25) is 0 Å². The van der Waals surface area contributed by atoms with Crippen molar-refractivity contribution in [2.75, 3.05) is 12.3 Å². The molecule has 4 nitrogen and oxygen atoms in total. The van der Waals surface area contributed by atoms with Crippen molar-refractivity contribution in [1.29, 1.82) is 0 Å². The molecule has 1 saturated heterocycles. The molecule has 0 aromatic heterocycles. The van der Waals surface area contributed by atoms with E-state index in [4.69, 9.17) is 5.11 Å². The average molecular weight is 134 g/mol. The van der Waals surface area contributed by atoms with Crippen LogP contribution in [0.5, 0.6) is 0 Å². The molecule has 5 heteroatoms. The van der Waals surface area contributed by atoms with Crippen LogP contribution in [-0.2, 0) is 0 Å². The van der Waals surface area contributed by atoms with Gasteiger partial charge in [-0.3, -0.25) is 0 Å². The highest BCUT2D eigenvalue weighted by Gasteiger charge is 2.16. The van der Waals surface area contributed by atoms with Crippen molar-refractivity contribution in [3.8, 4) is 0 Å². The summed E-state index contributed by atoms with van der Waals surface area (Å²) in [5.74, 6) is 0.840. The molecule has 0 bridgehead atoms. The molecule has 0 unspecified atom stereocenters. The van der Waals surface area contributed by atoms with Crippen LogP contribution in [-0.4, -0.2) is 27.9 Å². The molecule has 8 heavy (non-hydrogen) atoms. The van der Waals surface area contributed by atoms with Gasteiger partial charge in [-0.2, -0.15) is 4.41 Å². The second-order valence-corrected chi connectivity index (χ2v) is 2.35. The highest BCUT2D eigenvalue weighted by atomic mass is 32.2. The van der Waals surface area contributed by atoms with E-state index in [1.807, 2.05) is 0 Å². The molecule has 1 aliphatic heterocycles. The van der Waals surface area contributed by atoms with Crippen LogP contribution in [0.3, 0.4) is 0 Å². The molecule has 0 saturated carbocycles. The first-order valence-corrected chi connectivity index (χ1v) is 3.14. The van der Waals surface area contributed by atoms with Crippen molar-refractivity contribution in [2.45, 2.75) is 0 Å². The summed E-state index contributed by atoms with van der Waals surface area (Å²) in [4.78, 5) is 10.0. The molecule has 1 amide bonds. The van der Waals surface area contributed by atoms with E-state index >= 15 is 0 Å². The fourth-order valence-electron chi connectivity index (χ4n) is 0.453. The van der Waals surface area contributed by atoms with Gasteiger partial charge in [-0.15, -0.1) is 0 Å². The number of rotatable bonds is 0. The molecular formula is C3H6N2O2S. The molecule has 2 N–H and O–H groups in total. The molecule has 0 aliphatic carbocycles. The van der Waals surface area contributed by atoms with E-state index < -0.39 is 6.09 Å². The average Bonchev–Trinajstić information content (AvgIpc) is 2.12. The summed E-state index contributed by atoms with van der Waals surface area (Å²) < 4.78 is 1.11. The summed E-state index contributed by atoms with van der Waals surface area (Å²) in [5, 5.41) is 8.26. The summed E-state index contributed by atoms with van der Waals surface area (Å²) in [6.45, 7) is 0.747. The lowest BCUT2D eigenvalue weighted by molar-refractivity contribution is 0.166. The van der Waals surface area contributed by atoms with Gasteiger partial charge in [-0.05, 0) is 11.9 Å². The van der Waals surface area contributed by atoms with Crippen LogP contribution < -0.4 is 5.43 Å². The maximum absolute atomic E-state index is 10.0. The summed E-state index contributed by atoms with van der Waals surface area (Å²) in [5.41, 5.74) is 2.65. The second kappa shape index (κ2) is 2.23. The maximum atomic E-state index is 10.0. The predicted octanol–water partition coefficient (Wildman–Crippen LogP) is 0.133. The Kier molecular flexibility index (Phi) is 1.59. The Labute approximate surface area is 51.0 Å². The Morgan fingerprint density at radius 3 is 2.88 bits per heavy atom. The summed E-state index contributed by atoms with van der Waals surface area (Å²) in [7, 11) is 0. The van der Waals surface area contributed by atoms with Crippen molar-refractivity contribution in [1.82, 2.24) is 9.84 Å². The molecule has 0 aromatic carbocycles. The van der Waals surface area contributed by atoms with Crippen LogP contribution in [0.15, 0.2) is 0 Å². The molecule has 0 radical (unpaired) electrons. The van der Waals surface area contributed by atoms with Gasteiger partial charge in [0.1, 0.15) is 0 Å². The van der Waals surface area contributed by atoms with Gasteiger partial charge < -0.3 is 5.11 Å². The van der Waals surface area contributed by atoms with E-state index in [0.29, 0.717) is 0 Å². The molecule has 0 aromatic rings. The number of carbonyl (C=O) groups is 1. The molecule has 1 rings (SSSR count). The first kappa shape index (κ1) is 5.71. The van der Waals surface area contributed by atoms with Crippen molar-refractivity contribution < 1.29 is 9.90 Å². The number of amides is 1. The van der Waals surface area contributed by atoms with Crippen LogP contribution in [0, 0.1) is 0 Å². The third-order valence-corrected chi connectivity index (χ3v) is 1.68. The van der Waals surface area contributed by atoms with Gasteiger partial charge in [-0.25, -0.2) is 10.2 Å². The number of nitrogens with one attached hydrogen (secondary N) is 1. The number of nitrogens with zero attached hydrogens (tertiary/aromatic N) is 1. The fraction of sp³-hybridized carbons (Fsp3) is 0.667. The van der Waals surface area contributed by atoms with Crippen LogP contribution in [0.1, 0.15) is 0 Å². The SMILES string of the molecule is O=C(O)N1NCCS1. The molecule has 0 spiro atoms. The lowest BCUT2D eigenvalue weighted by Crippen LogP contribution is -2.30. The number of carboxylic acid groups (broad SMARTS) is 1. The van der Waals surface area contributed by atoms with Gasteiger partial charge >= 0.3 is 6.09 Å². The topological polar surface area (TPSA) is 52.6 Å². The van der Waals surface area contributed by atoms with Crippen molar-refractivity contribution in [3.05, 3.63) is 0 Å². The highest BCUT2D eigenvalue weighted by Crippen LogP contribution is 2.10. The van der Waals surface area contributed by atoms with E-state index in [-0.39, 0.29) is 0 Å². The van der Waals surface area contributed by atoms with E-state index in [0.717, 1.165) is 16.7 Å². The quantitative estimate of drug-likeness (QED) is 0.462. The van der Waals surface area contributed by atoms with E-state index in [9.17, 15) is 4.79 Å². The maximum Gasteiger partial charge on any atom is 0.432 e. The van der Waals surface area contributed by atoms with Gasteiger partial charge in [-0.1, -0.05) is 0 Å². The minimum Gasteiger partial charge on any atom is -0.463 e. The normalized spacial score (nSPS) is 19.2. The largest absolute Gasteiger partial charge is 0.463 e. The van der Waals surface area contributed by atoms with Gasteiger partial charge in [0, 0.05) is 12.3 Å². The zero-order valence-corrected chi connectivity index (χ0v) is 4.94. The second-order valence-electron chi connectivity index (χ2n) is 1.32. The summed E-state index contributed by atoms with van der Waals surface area (Å²) in [6, 6.07) is 0. The van der Waals surface area contributed by atoms with Gasteiger partial charge in [0.05, 0.1) is 0 Å². The summed E-state index contributed by atoms with van der Waals surface area (Å²) >= 11 is 1.27. The van der Waals surface area contributed by atoms with Gasteiger partial charge in [0.15, 0.2) is 0 Å². The van der Waals surface area contributed by atoms with Crippen LogP contribution in [0.4, 0.5) is 4.79 Å². The Morgan fingerprint density at radius 1 is 1.88 bits per heavy atom. The van der Waals surface area contributed by atoms with E-state index in [1.165, 1.54) is 11.9 Å². The molecule has 46 valence electrons. The monoisotopic (exact) mass is 134 g/mol. The molecule has 1 fully saturated rings. The molecule has 1 aliphatic rings. The highest BCUT2D eigenvalue weighted by molar-refractivity contribution is 7.97. The first-order chi connectivity index (χ1) is 3.80. The smallest absolute Gasteiger partial charge is 0.432 e. The van der Waals surface area contributed by atoms with Crippen LogP contribution in [0.25, 0.3) is 0 Å². The van der Waals surface area contributed by atoms with E-state index in [2.05, 4.69) is 5.43 Å². The van der Waals surface area contributed by atoms with E-state index in [1.54, 1.807) is 0 Å². The van der Waals surface area contributed by atoms with Crippen LogP contribution >= 0.6 is 11.9 Å². The minimum absolute atomic E-state index is 0.747. The Bertz CT molecular complexity index is 101. The Balaban J connectivity index is 2.35. The summed E-state index contributed by atoms with van der Waals surface area (Å²) in [6.07, 6.45) is -0.924. The Hall–Kier alpha value is -0.420. The van der Waals surface area contributed by atoms with Crippen molar-refractivity contribution in [3.63, 3.8) is 0 Å². The lowest BCUT2D eigenvalue weighted by atomic mass is 10.8. The zero-order valence-electron chi connectivity index (χ0n) is 4.13. The third-order valence-electron chi connectivity index (χ3n) is 0.752. The Morgan fingerprint density at radius 2 is 2.62 bits per heavy atom. The number of hydrazine groups is 1. The number of hydrogen-bond donors (Lipinski definition) is 2. The van der Waals surface area contributed by atoms with Crippen molar-refractivity contribution in [2.24, 2.45) is 0 Å². The van der Waals surface area contributed by atoms with Crippen LogP contribution in [0.2, 0.25) is 0 Å². The zero-order chi connectivity index (χ0) is 5.98. The molecular weight excluding hydrogens is 128 g/mol. The first-order valence-electron chi connectivity index (χ1n) is 2.20. The third kappa shape index (κ3) is 1.05. The lowest BCUT2D eigenvalue weighted by Gasteiger charge is -2.06. The predicted molar refractivity (Wildman–Crippen MR) is 30.3 cm³/mol. The fourth-order valence-corrected chi connectivity index (χ4v) is 1.11.